The van der Waals surface area contributed by atoms with Crippen LogP contribution in [-0.4, -0.2) is 26.4 Å². The summed E-state index contributed by atoms with van der Waals surface area (Å²) in [6, 6.07) is 6.60. The van der Waals surface area contributed by atoms with Gasteiger partial charge in [-0.25, -0.2) is 4.39 Å². The smallest absolute Gasteiger partial charge is 0.230 e. The van der Waals surface area contributed by atoms with Crippen LogP contribution in [0.4, 0.5) is 4.39 Å². The van der Waals surface area contributed by atoms with Crippen molar-refractivity contribution in [2.75, 3.05) is 5.75 Å². The summed E-state index contributed by atoms with van der Waals surface area (Å²) in [5.74, 6) is 0.848. The molecule has 1 aliphatic carbocycles. The van der Waals surface area contributed by atoms with Gasteiger partial charge in [0.25, 0.3) is 0 Å². The molecule has 1 aliphatic rings. The van der Waals surface area contributed by atoms with E-state index in [1.807, 2.05) is 6.92 Å². The zero-order chi connectivity index (χ0) is 15.5. The van der Waals surface area contributed by atoms with Crippen LogP contribution in [-0.2, 0) is 11.3 Å². The van der Waals surface area contributed by atoms with E-state index in [1.54, 1.807) is 12.1 Å². The van der Waals surface area contributed by atoms with E-state index in [2.05, 4.69) is 20.1 Å². The Labute approximate surface area is 132 Å². The van der Waals surface area contributed by atoms with Gasteiger partial charge >= 0.3 is 0 Å². The Morgan fingerprint density at radius 1 is 1.36 bits per heavy atom. The van der Waals surface area contributed by atoms with Crippen LogP contribution < -0.4 is 5.32 Å². The van der Waals surface area contributed by atoms with E-state index in [9.17, 15) is 9.18 Å². The summed E-state index contributed by atoms with van der Waals surface area (Å²) < 4.78 is 14.9. The highest BCUT2D eigenvalue weighted by molar-refractivity contribution is 7.99. The van der Waals surface area contributed by atoms with E-state index in [0.717, 1.165) is 29.4 Å². The SMILES string of the molecule is Cc1nnc(SCC(=O)NCc2ccc(F)cc2)n1C1CC1. The molecular formula is C15H17FN4OS. The zero-order valence-corrected chi connectivity index (χ0v) is 13.1. The van der Waals surface area contributed by atoms with E-state index < -0.39 is 0 Å². The highest BCUT2D eigenvalue weighted by Crippen LogP contribution is 2.38. The number of carbonyl (C=O) groups is 1. The first kappa shape index (κ1) is 15.0. The molecule has 0 radical (unpaired) electrons. The number of aryl methyl sites for hydroxylation is 1. The number of nitrogens with one attached hydrogen (secondary N) is 1. The number of rotatable bonds is 6. The second-order valence-corrected chi connectivity index (χ2v) is 6.27. The Morgan fingerprint density at radius 3 is 2.77 bits per heavy atom. The predicted octanol–water partition coefficient (Wildman–Crippen LogP) is 2.47. The number of aromatic nitrogens is 3. The molecule has 1 heterocycles. The highest BCUT2D eigenvalue weighted by Gasteiger charge is 2.28. The molecule has 0 unspecified atom stereocenters. The standard InChI is InChI=1S/C15H17FN4OS/c1-10-18-19-15(20(10)13-6-7-13)22-9-14(21)17-8-11-2-4-12(16)5-3-11/h2-5,13H,6-9H2,1H3,(H,17,21). The molecule has 7 heteroatoms. The minimum Gasteiger partial charge on any atom is -0.351 e. The second-order valence-electron chi connectivity index (χ2n) is 5.32. The van der Waals surface area contributed by atoms with Crippen LogP contribution in [0.2, 0.25) is 0 Å². The van der Waals surface area contributed by atoms with Gasteiger partial charge in [-0.05, 0) is 37.5 Å². The summed E-state index contributed by atoms with van der Waals surface area (Å²) in [7, 11) is 0. The van der Waals surface area contributed by atoms with Gasteiger partial charge in [-0.3, -0.25) is 4.79 Å². The number of hydrogen-bond donors (Lipinski definition) is 1. The van der Waals surface area contributed by atoms with Crippen molar-refractivity contribution in [1.29, 1.82) is 0 Å². The normalized spacial score (nSPS) is 14.1. The third-order valence-electron chi connectivity index (χ3n) is 3.48. The van der Waals surface area contributed by atoms with E-state index in [-0.39, 0.29) is 11.7 Å². The van der Waals surface area contributed by atoms with Crippen molar-refractivity contribution in [2.24, 2.45) is 0 Å². The first-order chi connectivity index (χ1) is 10.6. The van der Waals surface area contributed by atoms with Crippen LogP contribution in [0.25, 0.3) is 0 Å². The Hall–Kier alpha value is -1.89. The molecule has 1 saturated carbocycles. The third kappa shape index (κ3) is 3.65. The number of hydrogen-bond acceptors (Lipinski definition) is 4. The summed E-state index contributed by atoms with van der Waals surface area (Å²) in [5.41, 5.74) is 0.872. The van der Waals surface area contributed by atoms with Crippen molar-refractivity contribution in [3.8, 4) is 0 Å². The first-order valence-corrected chi connectivity index (χ1v) is 8.17. The van der Waals surface area contributed by atoms with Crippen molar-refractivity contribution in [3.63, 3.8) is 0 Å². The summed E-state index contributed by atoms with van der Waals surface area (Å²) >= 11 is 1.40. The Kier molecular flexibility index (Phi) is 4.42. The lowest BCUT2D eigenvalue weighted by Crippen LogP contribution is -2.24. The fourth-order valence-corrected chi connectivity index (χ4v) is 3.07. The van der Waals surface area contributed by atoms with E-state index >= 15 is 0 Å². The average Bonchev–Trinajstić information content (AvgIpc) is 3.28. The molecule has 0 atom stereocenters. The second kappa shape index (κ2) is 6.48. The first-order valence-electron chi connectivity index (χ1n) is 7.19. The number of carbonyl (C=O) groups excluding carboxylic acids is 1. The molecule has 0 bridgehead atoms. The number of thioether (sulfide) groups is 1. The Morgan fingerprint density at radius 2 is 2.09 bits per heavy atom. The molecule has 0 saturated heterocycles. The fourth-order valence-electron chi connectivity index (χ4n) is 2.19. The molecular weight excluding hydrogens is 303 g/mol. The maximum absolute atomic E-state index is 12.8. The monoisotopic (exact) mass is 320 g/mol. The topological polar surface area (TPSA) is 59.8 Å². The lowest BCUT2D eigenvalue weighted by atomic mass is 10.2. The highest BCUT2D eigenvalue weighted by atomic mass is 32.2. The van der Waals surface area contributed by atoms with Gasteiger partial charge in [-0.2, -0.15) is 0 Å². The number of nitrogens with zero attached hydrogens (tertiary/aromatic N) is 3. The largest absolute Gasteiger partial charge is 0.351 e. The van der Waals surface area contributed by atoms with Crippen molar-refractivity contribution in [3.05, 3.63) is 41.5 Å². The molecule has 5 nitrogen and oxygen atoms in total. The van der Waals surface area contributed by atoms with Crippen LogP contribution in [0.5, 0.6) is 0 Å². The van der Waals surface area contributed by atoms with Gasteiger partial charge in [0.05, 0.1) is 5.75 Å². The van der Waals surface area contributed by atoms with Gasteiger partial charge in [-0.1, -0.05) is 23.9 Å². The predicted molar refractivity (Wildman–Crippen MR) is 82.0 cm³/mol. The lowest BCUT2D eigenvalue weighted by Gasteiger charge is -2.07. The molecule has 1 fully saturated rings. The maximum atomic E-state index is 12.8. The molecule has 2 aromatic rings. The quantitative estimate of drug-likeness (QED) is 0.831. The number of amides is 1. The molecule has 22 heavy (non-hydrogen) atoms. The minimum atomic E-state index is -0.277. The van der Waals surface area contributed by atoms with Crippen molar-refractivity contribution in [1.82, 2.24) is 20.1 Å². The van der Waals surface area contributed by atoms with Crippen molar-refractivity contribution in [2.45, 2.75) is 37.5 Å². The summed E-state index contributed by atoms with van der Waals surface area (Å²) in [4.78, 5) is 11.9. The summed E-state index contributed by atoms with van der Waals surface area (Å²) in [5, 5.41) is 11.8. The Balaban J connectivity index is 1.49. The molecule has 0 aliphatic heterocycles. The van der Waals surface area contributed by atoms with Gasteiger partial charge in [-0.15, -0.1) is 10.2 Å². The molecule has 1 aromatic carbocycles. The number of halogens is 1. The van der Waals surface area contributed by atoms with E-state index in [0.29, 0.717) is 18.3 Å². The minimum absolute atomic E-state index is 0.0719. The maximum Gasteiger partial charge on any atom is 0.230 e. The number of benzene rings is 1. The zero-order valence-electron chi connectivity index (χ0n) is 12.3. The molecule has 1 N–H and O–H groups in total. The van der Waals surface area contributed by atoms with Gasteiger partial charge in [0, 0.05) is 12.6 Å². The lowest BCUT2D eigenvalue weighted by molar-refractivity contribution is -0.118. The molecule has 1 aromatic heterocycles. The van der Waals surface area contributed by atoms with Crippen LogP contribution in [0.15, 0.2) is 29.4 Å². The molecule has 1 amide bonds. The van der Waals surface area contributed by atoms with Gasteiger partial charge in [0.2, 0.25) is 5.91 Å². The van der Waals surface area contributed by atoms with Gasteiger partial charge in [0.15, 0.2) is 5.16 Å². The molecule has 0 spiro atoms. The van der Waals surface area contributed by atoms with Gasteiger partial charge in [0.1, 0.15) is 11.6 Å². The van der Waals surface area contributed by atoms with Gasteiger partial charge < -0.3 is 9.88 Å². The summed E-state index contributed by atoms with van der Waals surface area (Å²) in [6.45, 7) is 2.33. The van der Waals surface area contributed by atoms with Crippen molar-refractivity contribution >= 4 is 17.7 Å². The van der Waals surface area contributed by atoms with Crippen molar-refractivity contribution < 1.29 is 9.18 Å². The fraction of sp³-hybridized carbons (Fsp3) is 0.400. The Bertz CT molecular complexity index is 667. The van der Waals surface area contributed by atoms with Crippen LogP contribution in [0.1, 0.15) is 30.3 Å². The molecule has 3 rings (SSSR count). The van der Waals surface area contributed by atoms with Crippen LogP contribution in [0, 0.1) is 12.7 Å². The van der Waals surface area contributed by atoms with E-state index in [1.165, 1.54) is 23.9 Å². The van der Waals surface area contributed by atoms with E-state index in [4.69, 9.17) is 0 Å². The third-order valence-corrected chi connectivity index (χ3v) is 4.43. The van der Waals surface area contributed by atoms with Crippen LogP contribution in [0.3, 0.4) is 0 Å². The molecule has 116 valence electrons. The average molecular weight is 320 g/mol. The summed E-state index contributed by atoms with van der Waals surface area (Å²) in [6.07, 6.45) is 2.31. The van der Waals surface area contributed by atoms with Crippen LogP contribution >= 0.6 is 11.8 Å².